The largest absolute Gasteiger partial charge is 0.454 e. The van der Waals surface area contributed by atoms with E-state index in [0.29, 0.717) is 12.3 Å². The average molecular weight is 452 g/mol. The van der Waals surface area contributed by atoms with Crippen molar-refractivity contribution in [3.8, 4) is 0 Å². The number of hydrazone groups is 1. The van der Waals surface area contributed by atoms with Crippen LogP contribution in [-0.2, 0) is 6.54 Å². The van der Waals surface area contributed by atoms with Gasteiger partial charge in [-0.2, -0.15) is 10.2 Å². The lowest BCUT2D eigenvalue weighted by molar-refractivity contribution is 0.0925. The first-order valence-electron chi connectivity index (χ1n) is 6.96. The number of furan rings is 1. The second-order valence-corrected chi connectivity index (χ2v) is 6.71. The normalized spacial score (nSPS) is 11.1. The number of carbonyl (C=O) groups excluding carboxylic acids is 1. The molecule has 0 aliphatic heterocycles. The molecule has 0 fully saturated rings. The lowest BCUT2D eigenvalue weighted by Crippen LogP contribution is -2.16. The van der Waals surface area contributed by atoms with E-state index in [-0.39, 0.29) is 5.76 Å². The molecular weight excluding hydrogens is 440 g/mol. The maximum Gasteiger partial charge on any atom is 0.307 e. The number of nitrogens with one attached hydrogen (secondary N) is 1. The number of hydrogen-bond acceptors (Lipinski definition) is 4. The monoisotopic (exact) mass is 450 g/mol. The standard InChI is InChI=1S/C16H12Br2N4O2/c17-12-3-1-2-11(6-12)7-19-21-16(23)15-5-4-14(24-15)10-22-9-13(18)8-20-22/h1-9H,10H2,(H,21,23). The Morgan fingerprint density at radius 1 is 1.29 bits per heavy atom. The number of aromatic nitrogens is 2. The van der Waals surface area contributed by atoms with Gasteiger partial charge < -0.3 is 4.42 Å². The van der Waals surface area contributed by atoms with E-state index in [1.165, 1.54) is 0 Å². The Labute approximate surface area is 154 Å². The van der Waals surface area contributed by atoms with Crippen molar-refractivity contribution >= 4 is 44.0 Å². The third-order valence-corrected chi connectivity index (χ3v) is 3.94. The highest BCUT2D eigenvalue weighted by molar-refractivity contribution is 9.10. The van der Waals surface area contributed by atoms with Crippen molar-refractivity contribution in [2.45, 2.75) is 6.54 Å². The van der Waals surface area contributed by atoms with E-state index in [0.717, 1.165) is 14.5 Å². The molecule has 0 aliphatic rings. The second-order valence-electron chi connectivity index (χ2n) is 4.88. The predicted octanol–water partition coefficient (Wildman–Crippen LogP) is 3.81. The molecule has 0 saturated heterocycles. The van der Waals surface area contributed by atoms with E-state index in [4.69, 9.17) is 4.42 Å². The number of benzene rings is 1. The molecular formula is C16H12Br2N4O2. The molecule has 0 radical (unpaired) electrons. The van der Waals surface area contributed by atoms with Crippen LogP contribution in [0.4, 0.5) is 0 Å². The number of nitrogens with zero attached hydrogens (tertiary/aromatic N) is 3. The molecule has 1 N–H and O–H groups in total. The number of amides is 1. The summed E-state index contributed by atoms with van der Waals surface area (Å²) in [4.78, 5) is 12.0. The molecule has 1 amide bonds. The Bertz CT molecular complexity index is 886. The van der Waals surface area contributed by atoms with Crippen LogP contribution in [0.1, 0.15) is 21.9 Å². The summed E-state index contributed by atoms with van der Waals surface area (Å²) in [5, 5.41) is 8.06. The van der Waals surface area contributed by atoms with Gasteiger partial charge in [0.2, 0.25) is 0 Å². The molecule has 0 bridgehead atoms. The maximum absolute atomic E-state index is 12.0. The van der Waals surface area contributed by atoms with Gasteiger partial charge in [0.05, 0.1) is 23.4 Å². The predicted molar refractivity (Wildman–Crippen MR) is 96.9 cm³/mol. The highest BCUT2D eigenvalue weighted by atomic mass is 79.9. The van der Waals surface area contributed by atoms with E-state index in [2.05, 4.69) is 47.5 Å². The minimum absolute atomic E-state index is 0.197. The fourth-order valence-corrected chi connectivity index (χ4v) is 2.72. The van der Waals surface area contributed by atoms with Gasteiger partial charge in [0.25, 0.3) is 0 Å². The van der Waals surface area contributed by atoms with Gasteiger partial charge in [-0.3, -0.25) is 9.48 Å². The summed E-state index contributed by atoms with van der Waals surface area (Å²) in [7, 11) is 0. The van der Waals surface area contributed by atoms with Gasteiger partial charge >= 0.3 is 5.91 Å². The fraction of sp³-hybridized carbons (Fsp3) is 0.0625. The molecule has 24 heavy (non-hydrogen) atoms. The molecule has 1 aromatic carbocycles. The SMILES string of the molecule is O=C(NN=Cc1cccc(Br)c1)c1ccc(Cn2cc(Br)cn2)o1. The minimum Gasteiger partial charge on any atom is -0.454 e. The van der Waals surface area contributed by atoms with Crippen LogP contribution >= 0.6 is 31.9 Å². The van der Waals surface area contributed by atoms with Gasteiger partial charge in [-0.15, -0.1) is 0 Å². The molecule has 2 aromatic heterocycles. The fourth-order valence-electron chi connectivity index (χ4n) is 1.98. The van der Waals surface area contributed by atoms with Crippen LogP contribution in [0.2, 0.25) is 0 Å². The highest BCUT2D eigenvalue weighted by Crippen LogP contribution is 2.12. The summed E-state index contributed by atoms with van der Waals surface area (Å²) in [6, 6.07) is 10.9. The third kappa shape index (κ3) is 4.42. The Balaban J connectivity index is 1.59. The molecule has 2 heterocycles. The Morgan fingerprint density at radius 2 is 2.17 bits per heavy atom. The van der Waals surface area contributed by atoms with Crippen molar-refractivity contribution in [1.29, 1.82) is 0 Å². The molecule has 0 atom stereocenters. The zero-order valence-electron chi connectivity index (χ0n) is 12.3. The van der Waals surface area contributed by atoms with Crippen LogP contribution in [0.3, 0.4) is 0 Å². The number of halogens is 2. The first-order valence-corrected chi connectivity index (χ1v) is 8.54. The average Bonchev–Trinajstić information content (AvgIpc) is 3.17. The van der Waals surface area contributed by atoms with Gasteiger partial charge in [-0.25, -0.2) is 5.43 Å². The van der Waals surface area contributed by atoms with Gasteiger partial charge in [-0.05, 0) is 45.8 Å². The summed E-state index contributed by atoms with van der Waals surface area (Å²) in [6.45, 7) is 0.445. The summed E-state index contributed by atoms with van der Waals surface area (Å²) in [6.07, 6.45) is 5.07. The van der Waals surface area contributed by atoms with Crippen LogP contribution < -0.4 is 5.43 Å². The van der Waals surface area contributed by atoms with Gasteiger partial charge in [0.15, 0.2) is 5.76 Å². The molecule has 6 nitrogen and oxygen atoms in total. The van der Waals surface area contributed by atoms with Crippen molar-refractivity contribution in [3.05, 3.63) is 74.8 Å². The second kappa shape index (κ2) is 7.59. The van der Waals surface area contributed by atoms with Crippen molar-refractivity contribution in [3.63, 3.8) is 0 Å². The maximum atomic E-state index is 12.0. The highest BCUT2D eigenvalue weighted by Gasteiger charge is 2.11. The van der Waals surface area contributed by atoms with Crippen molar-refractivity contribution in [1.82, 2.24) is 15.2 Å². The summed E-state index contributed by atoms with van der Waals surface area (Å²) < 4.78 is 9.04. The zero-order chi connectivity index (χ0) is 16.9. The lowest BCUT2D eigenvalue weighted by atomic mass is 10.2. The molecule has 3 rings (SSSR count). The van der Waals surface area contributed by atoms with Crippen LogP contribution in [-0.4, -0.2) is 21.9 Å². The summed E-state index contributed by atoms with van der Waals surface area (Å²) in [5.74, 6) is 0.420. The van der Waals surface area contributed by atoms with E-state index < -0.39 is 5.91 Å². The van der Waals surface area contributed by atoms with Crippen molar-refractivity contribution < 1.29 is 9.21 Å². The van der Waals surface area contributed by atoms with E-state index in [9.17, 15) is 4.79 Å². The van der Waals surface area contributed by atoms with Crippen LogP contribution in [0, 0.1) is 0 Å². The quantitative estimate of drug-likeness (QED) is 0.473. The molecule has 3 aromatic rings. The Morgan fingerprint density at radius 3 is 2.92 bits per heavy atom. The van der Waals surface area contributed by atoms with Crippen LogP contribution in [0.25, 0.3) is 0 Å². The van der Waals surface area contributed by atoms with E-state index >= 15 is 0 Å². The van der Waals surface area contributed by atoms with Crippen LogP contribution in [0.5, 0.6) is 0 Å². The van der Waals surface area contributed by atoms with Gasteiger partial charge in [-0.1, -0.05) is 28.1 Å². The van der Waals surface area contributed by atoms with Crippen LogP contribution in [0.15, 0.2) is 67.3 Å². The molecule has 0 saturated carbocycles. The van der Waals surface area contributed by atoms with Gasteiger partial charge in [0, 0.05) is 10.7 Å². The molecule has 0 spiro atoms. The molecule has 0 aliphatic carbocycles. The van der Waals surface area contributed by atoms with Gasteiger partial charge in [0.1, 0.15) is 5.76 Å². The topological polar surface area (TPSA) is 72.4 Å². The molecule has 8 heteroatoms. The first-order chi connectivity index (χ1) is 11.6. The third-order valence-electron chi connectivity index (χ3n) is 3.03. The smallest absolute Gasteiger partial charge is 0.307 e. The van der Waals surface area contributed by atoms with Crippen molar-refractivity contribution in [2.24, 2.45) is 5.10 Å². The number of carbonyl (C=O) groups is 1. The molecule has 0 unspecified atom stereocenters. The number of hydrogen-bond donors (Lipinski definition) is 1. The number of rotatable bonds is 5. The first kappa shape index (κ1) is 16.7. The van der Waals surface area contributed by atoms with Crippen molar-refractivity contribution in [2.75, 3.05) is 0 Å². The van der Waals surface area contributed by atoms with E-state index in [1.807, 2.05) is 30.5 Å². The van der Waals surface area contributed by atoms with E-state index in [1.54, 1.807) is 29.2 Å². The minimum atomic E-state index is -0.408. The lowest BCUT2D eigenvalue weighted by Gasteiger charge is -1.98. The Kier molecular flexibility index (Phi) is 5.27. The summed E-state index contributed by atoms with van der Waals surface area (Å²) in [5.41, 5.74) is 3.31. The zero-order valence-corrected chi connectivity index (χ0v) is 15.5. The molecule has 122 valence electrons. The Hall–Kier alpha value is -2.19. The summed E-state index contributed by atoms with van der Waals surface area (Å²) >= 11 is 6.71.